The van der Waals surface area contributed by atoms with Crippen molar-refractivity contribution >= 4 is 23.3 Å². The van der Waals surface area contributed by atoms with Crippen LogP contribution in [0, 0.1) is 12.3 Å². The summed E-state index contributed by atoms with van der Waals surface area (Å²) in [6, 6.07) is 8.76. The molecule has 1 saturated carbocycles. The van der Waals surface area contributed by atoms with Gasteiger partial charge in [0, 0.05) is 6.07 Å². The maximum absolute atomic E-state index is 12.6. The summed E-state index contributed by atoms with van der Waals surface area (Å²) in [5.41, 5.74) is -0.507. The molecule has 0 radical (unpaired) electrons. The molecule has 1 fully saturated rings. The highest BCUT2D eigenvalue weighted by Crippen LogP contribution is 2.47. The number of aromatic nitrogens is 1. The summed E-state index contributed by atoms with van der Waals surface area (Å²) in [4.78, 5) is 25.1. The van der Waals surface area contributed by atoms with E-state index in [0.29, 0.717) is 42.5 Å². The van der Waals surface area contributed by atoms with Crippen LogP contribution in [0.3, 0.4) is 0 Å². The fourth-order valence-electron chi connectivity index (χ4n) is 2.44. The van der Waals surface area contributed by atoms with E-state index in [-0.39, 0.29) is 11.8 Å². The van der Waals surface area contributed by atoms with Gasteiger partial charge in [-0.1, -0.05) is 17.3 Å². The number of hydrogen-bond acceptors (Lipinski definition) is 5. The number of carbonyl (C=O) groups excluding carboxylic acids is 2. The molecule has 1 aromatic heterocycles. The van der Waals surface area contributed by atoms with Gasteiger partial charge in [0.05, 0.1) is 12.3 Å². The normalized spacial score (nSPS) is 14.8. The van der Waals surface area contributed by atoms with Gasteiger partial charge >= 0.3 is 0 Å². The molecule has 1 aromatic carbocycles. The Hall–Kier alpha value is -2.83. The number of ether oxygens (including phenoxy) is 1. The van der Waals surface area contributed by atoms with Crippen molar-refractivity contribution in [1.82, 2.24) is 5.16 Å². The van der Waals surface area contributed by atoms with Gasteiger partial charge in [-0.05, 0) is 38.8 Å². The van der Waals surface area contributed by atoms with Gasteiger partial charge < -0.3 is 19.9 Å². The number of aryl methyl sites for hydroxylation is 1. The SMILES string of the molecule is CCOc1ccccc1NC(=O)C1(C(=O)Nc2cc(C)on2)CC1. The van der Waals surface area contributed by atoms with E-state index in [2.05, 4.69) is 15.8 Å². The molecule has 0 bridgehead atoms. The minimum absolute atomic E-state index is 0.311. The number of anilines is 2. The van der Waals surface area contributed by atoms with E-state index in [9.17, 15) is 9.59 Å². The number of nitrogens with zero attached hydrogens (tertiary/aromatic N) is 1. The number of benzene rings is 1. The van der Waals surface area contributed by atoms with Gasteiger partial charge in [-0.15, -0.1) is 0 Å². The van der Waals surface area contributed by atoms with E-state index in [1.165, 1.54) is 0 Å². The molecule has 0 atom stereocenters. The topological polar surface area (TPSA) is 93.5 Å². The Bertz CT molecular complexity index is 765. The molecule has 3 rings (SSSR count). The highest BCUT2D eigenvalue weighted by molar-refractivity contribution is 6.17. The molecular weight excluding hydrogens is 310 g/mol. The maximum Gasteiger partial charge on any atom is 0.241 e. The van der Waals surface area contributed by atoms with Crippen molar-refractivity contribution in [3.05, 3.63) is 36.1 Å². The van der Waals surface area contributed by atoms with Crippen molar-refractivity contribution in [2.75, 3.05) is 17.2 Å². The summed E-state index contributed by atoms with van der Waals surface area (Å²) in [5, 5.41) is 9.16. The molecule has 0 saturated heterocycles. The third-order valence-electron chi connectivity index (χ3n) is 3.92. The van der Waals surface area contributed by atoms with Crippen molar-refractivity contribution in [3.8, 4) is 5.75 Å². The number of hydrogen-bond donors (Lipinski definition) is 2. The highest BCUT2D eigenvalue weighted by atomic mass is 16.5. The second-order valence-electron chi connectivity index (χ2n) is 5.74. The third kappa shape index (κ3) is 3.10. The first-order chi connectivity index (χ1) is 11.5. The van der Waals surface area contributed by atoms with Crippen molar-refractivity contribution in [2.24, 2.45) is 5.41 Å². The van der Waals surface area contributed by atoms with Crippen LogP contribution in [0.2, 0.25) is 0 Å². The third-order valence-corrected chi connectivity index (χ3v) is 3.92. The van der Waals surface area contributed by atoms with Gasteiger partial charge in [0.2, 0.25) is 11.8 Å². The molecule has 7 heteroatoms. The quantitative estimate of drug-likeness (QED) is 0.795. The maximum atomic E-state index is 12.6. The molecule has 1 aliphatic carbocycles. The first-order valence-electron chi connectivity index (χ1n) is 7.83. The van der Waals surface area contributed by atoms with E-state index in [1.807, 2.05) is 13.0 Å². The molecule has 2 amide bonds. The summed E-state index contributed by atoms with van der Waals surface area (Å²) in [7, 11) is 0. The molecule has 1 aliphatic rings. The molecule has 126 valence electrons. The zero-order valence-electron chi connectivity index (χ0n) is 13.6. The first kappa shape index (κ1) is 16.0. The van der Waals surface area contributed by atoms with Gasteiger partial charge in [-0.25, -0.2) is 0 Å². The Labute approximate surface area is 139 Å². The number of rotatable bonds is 6. The summed E-state index contributed by atoms with van der Waals surface area (Å²) in [6.07, 6.45) is 0.997. The number of para-hydroxylation sites is 2. The van der Waals surface area contributed by atoms with Crippen LogP contribution in [0.4, 0.5) is 11.5 Å². The van der Waals surface area contributed by atoms with E-state index in [4.69, 9.17) is 9.26 Å². The molecule has 0 unspecified atom stereocenters. The lowest BCUT2D eigenvalue weighted by Gasteiger charge is -2.16. The average Bonchev–Trinajstić information content (AvgIpc) is 3.28. The molecule has 2 aromatic rings. The summed E-state index contributed by atoms with van der Waals surface area (Å²) in [6.45, 7) is 4.09. The van der Waals surface area contributed by atoms with Crippen LogP contribution in [0.5, 0.6) is 5.75 Å². The van der Waals surface area contributed by atoms with Gasteiger partial charge in [-0.2, -0.15) is 0 Å². The standard InChI is InChI=1S/C17H19N3O4/c1-3-23-13-7-5-4-6-12(13)18-15(21)17(8-9-17)16(22)19-14-10-11(2)24-20-14/h4-7,10H,3,8-9H2,1-2H3,(H,18,21)(H,19,20,22). The van der Waals surface area contributed by atoms with Crippen LogP contribution in [0.25, 0.3) is 0 Å². The van der Waals surface area contributed by atoms with Crippen molar-refractivity contribution in [1.29, 1.82) is 0 Å². The largest absolute Gasteiger partial charge is 0.492 e. The zero-order chi connectivity index (χ0) is 17.2. The summed E-state index contributed by atoms with van der Waals surface area (Å²) in [5.74, 6) is 0.766. The fraction of sp³-hybridized carbons (Fsp3) is 0.353. The van der Waals surface area contributed by atoms with Gasteiger partial charge in [0.25, 0.3) is 0 Å². The monoisotopic (exact) mass is 329 g/mol. The van der Waals surface area contributed by atoms with E-state index in [1.54, 1.807) is 31.2 Å². The predicted octanol–water partition coefficient (Wildman–Crippen LogP) is 2.74. The Morgan fingerprint density at radius 2 is 1.96 bits per heavy atom. The lowest BCUT2D eigenvalue weighted by molar-refractivity contribution is -0.131. The van der Waals surface area contributed by atoms with Crippen molar-refractivity contribution in [2.45, 2.75) is 26.7 Å². The van der Waals surface area contributed by atoms with E-state index < -0.39 is 5.41 Å². The van der Waals surface area contributed by atoms with Crippen LogP contribution >= 0.6 is 0 Å². The summed E-state index contributed by atoms with van der Waals surface area (Å²) >= 11 is 0. The van der Waals surface area contributed by atoms with Crippen molar-refractivity contribution < 1.29 is 18.8 Å². The lowest BCUT2D eigenvalue weighted by Crippen LogP contribution is -2.35. The Morgan fingerprint density at radius 1 is 1.25 bits per heavy atom. The predicted molar refractivity (Wildman–Crippen MR) is 87.8 cm³/mol. The Morgan fingerprint density at radius 3 is 2.58 bits per heavy atom. The van der Waals surface area contributed by atoms with E-state index >= 15 is 0 Å². The minimum Gasteiger partial charge on any atom is -0.492 e. The molecule has 24 heavy (non-hydrogen) atoms. The smallest absolute Gasteiger partial charge is 0.241 e. The molecule has 0 aliphatic heterocycles. The number of amides is 2. The van der Waals surface area contributed by atoms with Crippen LogP contribution in [-0.2, 0) is 9.59 Å². The Balaban J connectivity index is 1.71. The Kier molecular flexibility index (Phi) is 4.24. The second kappa shape index (κ2) is 6.35. The van der Waals surface area contributed by atoms with Gasteiger partial charge in [0.1, 0.15) is 16.9 Å². The van der Waals surface area contributed by atoms with Gasteiger partial charge in [0.15, 0.2) is 5.82 Å². The van der Waals surface area contributed by atoms with Crippen LogP contribution in [0.15, 0.2) is 34.9 Å². The molecule has 1 heterocycles. The molecule has 2 N–H and O–H groups in total. The molecule has 7 nitrogen and oxygen atoms in total. The fourth-order valence-corrected chi connectivity index (χ4v) is 2.44. The number of nitrogens with one attached hydrogen (secondary N) is 2. The average molecular weight is 329 g/mol. The van der Waals surface area contributed by atoms with Crippen molar-refractivity contribution in [3.63, 3.8) is 0 Å². The minimum atomic E-state index is -1.06. The van der Waals surface area contributed by atoms with Crippen LogP contribution < -0.4 is 15.4 Å². The summed E-state index contributed by atoms with van der Waals surface area (Å²) < 4.78 is 10.4. The lowest BCUT2D eigenvalue weighted by atomic mass is 10.0. The second-order valence-corrected chi connectivity index (χ2v) is 5.74. The van der Waals surface area contributed by atoms with E-state index in [0.717, 1.165) is 0 Å². The molecule has 0 spiro atoms. The van der Waals surface area contributed by atoms with Crippen LogP contribution in [-0.4, -0.2) is 23.6 Å². The van der Waals surface area contributed by atoms with Gasteiger partial charge in [-0.3, -0.25) is 9.59 Å². The first-order valence-corrected chi connectivity index (χ1v) is 7.83. The zero-order valence-corrected chi connectivity index (χ0v) is 13.6. The number of carbonyl (C=O) groups is 2. The van der Waals surface area contributed by atoms with Crippen LogP contribution in [0.1, 0.15) is 25.5 Å². The molecular formula is C17H19N3O4. The highest BCUT2D eigenvalue weighted by Gasteiger charge is 2.56.